The molecule has 0 aromatic carbocycles. The van der Waals surface area contributed by atoms with E-state index in [1.165, 1.54) is 18.5 Å². The first-order valence-corrected chi connectivity index (χ1v) is 9.70. The maximum Gasteiger partial charge on any atom is 0.270 e. The molecule has 1 amide bonds. The average molecular weight is 365 g/mol. The molecule has 2 aromatic heterocycles. The van der Waals surface area contributed by atoms with Gasteiger partial charge in [0, 0.05) is 55.1 Å². The molecule has 6 heteroatoms. The van der Waals surface area contributed by atoms with Gasteiger partial charge in [0.15, 0.2) is 0 Å². The molecule has 27 heavy (non-hydrogen) atoms. The van der Waals surface area contributed by atoms with E-state index in [0.717, 1.165) is 37.1 Å². The zero-order chi connectivity index (χ0) is 18.9. The van der Waals surface area contributed by atoms with Gasteiger partial charge in [0.2, 0.25) is 0 Å². The fourth-order valence-corrected chi connectivity index (χ4v) is 4.05. The first-order chi connectivity index (χ1) is 13.2. The van der Waals surface area contributed by atoms with Crippen molar-refractivity contribution in [2.75, 3.05) is 31.1 Å². The Morgan fingerprint density at radius 1 is 1.37 bits per heavy atom. The van der Waals surface area contributed by atoms with Crippen LogP contribution < -0.4 is 10.2 Å². The van der Waals surface area contributed by atoms with Gasteiger partial charge in [0.05, 0.1) is 5.70 Å². The summed E-state index contributed by atoms with van der Waals surface area (Å²) in [5, 5.41) is 4.17. The van der Waals surface area contributed by atoms with Gasteiger partial charge in [-0.05, 0) is 37.6 Å². The minimum atomic E-state index is 0.0754. The third-order valence-electron chi connectivity index (χ3n) is 5.61. The molecular weight excluding hydrogens is 338 g/mol. The Morgan fingerprint density at radius 3 is 2.96 bits per heavy atom. The highest BCUT2D eigenvalue weighted by atomic mass is 16.2. The number of hydrogen-bond donors (Lipinski definition) is 2. The molecule has 1 aliphatic carbocycles. The Labute approximate surface area is 159 Å². The van der Waals surface area contributed by atoms with Crippen LogP contribution in [0.4, 0.5) is 5.69 Å². The van der Waals surface area contributed by atoms with Crippen molar-refractivity contribution in [3.8, 4) is 0 Å². The lowest BCUT2D eigenvalue weighted by molar-refractivity contribution is -0.127. The van der Waals surface area contributed by atoms with Gasteiger partial charge < -0.3 is 20.1 Å². The average Bonchev–Trinajstić information content (AvgIpc) is 3.31. The van der Waals surface area contributed by atoms with Crippen molar-refractivity contribution in [2.45, 2.75) is 26.2 Å². The van der Waals surface area contributed by atoms with E-state index in [4.69, 9.17) is 0 Å². The molecule has 142 valence electrons. The van der Waals surface area contributed by atoms with E-state index in [1.807, 2.05) is 30.3 Å². The van der Waals surface area contributed by atoms with Crippen molar-refractivity contribution in [1.29, 1.82) is 0 Å². The van der Waals surface area contributed by atoms with Crippen LogP contribution in [0.25, 0.3) is 11.0 Å². The van der Waals surface area contributed by atoms with Crippen LogP contribution in [0.15, 0.2) is 49.1 Å². The second-order valence-corrected chi connectivity index (χ2v) is 7.59. The van der Waals surface area contributed by atoms with Crippen LogP contribution in [0.5, 0.6) is 0 Å². The van der Waals surface area contributed by atoms with Gasteiger partial charge in [0.1, 0.15) is 5.65 Å². The predicted molar refractivity (Wildman–Crippen MR) is 108 cm³/mol. The summed E-state index contributed by atoms with van der Waals surface area (Å²) in [6, 6.07) is 4.17. The number of H-pyrrole nitrogens is 1. The number of anilines is 1. The topological polar surface area (TPSA) is 64.3 Å². The first kappa shape index (κ1) is 17.6. The summed E-state index contributed by atoms with van der Waals surface area (Å²) in [4.78, 5) is 25.1. The SMILES string of the molecule is C=CN/C(=C\CC)C(=O)N1CCN(c2ccnc3[nH]ccc23)CC2(CC2)C1. The van der Waals surface area contributed by atoms with Crippen molar-refractivity contribution < 1.29 is 4.79 Å². The molecule has 2 fully saturated rings. The van der Waals surface area contributed by atoms with Gasteiger partial charge in [0.25, 0.3) is 5.91 Å². The third-order valence-corrected chi connectivity index (χ3v) is 5.61. The van der Waals surface area contributed by atoms with Gasteiger partial charge in [-0.15, -0.1) is 0 Å². The Bertz CT molecular complexity index is 880. The molecule has 1 aliphatic heterocycles. The maximum atomic E-state index is 13.1. The van der Waals surface area contributed by atoms with E-state index >= 15 is 0 Å². The minimum Gasteiger partial charge on any atom is -0.368 e. The molecule has 0 bridgehead atoms. The van der Waals surface area contributed by atoms with Crippen LogP contribution in [0.2, 0.25) is 0 Å². The number of amides is 1. The number of pyridine rings is 1. The standard InChI is InChI=1S/C21H27N5O/c1-3-5-17(22-4-2)20(27)26-13-12-25(14-21(15-26)8-9-21)18-7-11-24-19-16(18)6-10-23-19/h4-7,10-11,22H,2-3,8-9,12-15H2,1H3,(H,23,24)/b17-5-. The zero-order valence-corrected chi connectivity index (χ0v) is 15.9. The van der Waals surface area contributed by atoms with Crippen molar-refractivity contribution >= 4 is 22.6 Å². The second kappa shape index (κ2) is 7.10. The lowest BCUT2D eigenvalue weighted by Crippen LogP contribution is -2.39. The number of rotatable bonds is 5. The molecule has 2 aromatic rings. The monoisotopic (exact) mass is 365 g/mol. The summed E-state index contributed by atoms with van der Waals surface area (Å²) < 4.78 is 0. The molecule has 0 radical (unpaired) electrons. The molecule has 1 saturated heterocycles. The molecule has 4 rings (SSSR count). The molecule has 6 nitrogen and oxygen atoms in total. The highest BCUT2D eigenvalue weighted by Crippen LogP contribution is 2.48. The summed E-state index contributed by atoms with van der Waals surface area (Å²) in [6.07, 6.45) is 10.5. The van der Waals surface area contributed by atoms with Gasteiger partial charge in [-0.25, -0.2) is 4.98 Å². The number of nitrogens with one attached hydrogen (secondary N) is 2. The maximum absolute atomic E-state index is 13.1. The summed E-state index contributed by atoms with van der Waals surface area (Å²) in [6.45, 7) is 9.10. The summed E-state index contributed by atoms with van der Waals surface area (Å²) in [5.74, 6) is 0.0754. The summed E-state index contributed by atoms with van der Waals surface area (Å²) >= 11 is 0. The summed E-state index contributed by atoms with van der Waals surface area (Å²) in [7, 11) is 0. The lowest BCUT2D eigenvalue weighted by atomic mass is 10.1. The fraction of sp³-hybridized carbons (Fsp3) is 0.429. The Balaban J connectivity index is 1.59. The van der Waals surface area contributed by atoms with E-state index in [0.29, 0.717) is 12.2 Å². The van der Waals surface area contributed by atoms with Gasteiger partial charge in [-0.3, -0.25) is 4.79 Å². The second-order valence-electron chi connectivity index (χ2n) is 7.59. The van der Waals surface area contributed by atoms with E-state index in [1.54, 1.807) is 6.20 Å². The van der Waals surface area contributed by atoms with E-state index in [-0.39, 0.29) is 11.3 Å². The van der Waals surface area contributed by atoms with Crippen molar-refractivity contribution in [2.24, 2.45) is 5.41 Å². The number of aromatic amines is 1. The molecule has 1 saturated carbocycles. The quantitative estimate of drug-likeness (QED) is 0.800. The largest absolute Gasteiger partial charge is 0.368 e. The highest BCUT2D eigenvalue weighted by molar-refractivity contribution is 5.93. The molecular formula is C21H27N5O. The van der Waals surface area contributed by atoms with Crippen molar-refractivity contribution in [1.82, 2.24) is 20.2 Å². The predicted octanol–water partition coefficient (Wildman–Crippen LogP) is 3.02. The van der Waals surface area contributed by atoms with Gasteiger partial charge in [-0.2, -0.15) is 0 Å². The number of fused-ring (bicyclic) bond motifs is 1. The van der Waals surface area contributed by atoms with E-state index in [9.17, 15) is 4.79 Å². The minimum absolute atomic E-state index is 0.0754. The third kappa shape index (κ3) is 3.44. The smallest absolute Gasteiger partial charge is 0.270 e. The molecule has 2 N–H and O–H groups in total. The first-order valence-electron chi connectivity index (χ1n) is 9.70. The van der Waals surface area contributed by atoms with Crippen LogP contribution in [0.3, 0.4) is 0 Å². The van der Waals surface area contributed by atoms with Crippen LogP contribution in [-0.4, -0.2) is 47.0 Å². The number of allylic oxidation sites excluding steroid dienone is 1. The number of carbonyl (C=O) groups excluding carboxylic acids is 1. The molecule has 0 atom stereocenters. The van der Waals surface area contributed by atoms with Gasteiger partial charge >= 0.3 is 0 Å². The van der Waals surface area contributed by atoms with Crippen LogP contribution >= 0.6 is 0 Å². The molecule has 0 unspecified atom stereocenters. The Kier molecular flexibility index (Phi) is 4.64. The Hall–Kier alpha value is -2.76. The van der Waals surface area contributed by atoms with Crippen LogP contribution in [-0.2, 0) is 4.79 Å². The van der Waals surface area contributed by atoms with Crippen molar-refractivity contribution in [3.05, 3.63) is 49.1 Å². The molecule has 2 aliphatic rings. The number of aromatic nitrogens is 2. The molecule has 1 spiro atoms. The number of carbonyl (C=O) groups is 1. The lowest BCUT2D eigenvalue weighted by Gasteiger charge is -2.26. The van der Waals surface area contributed by atoms with Crippen LogP contribution in [0.1, 0.15) is 26.2 Å². The summed E-state index contributed by atoms with van der Waals surface area (Å²) in [5.41, 5.74) is 2.96. The normalized spacial score (nSPS) is 19.2. The zero-order valence-electron chi connectivity index (χ0n) is 15.9. The van der Waals surface area contributed by atoms with Crippen molar-refractivity contribution in [3.63, 3.8) is 0 Å². The fourth-order valence-electron chi connectivity index (χ4n) is 4.05. The molecule has 3 heterocycles. The Morgan fingerprint density at radius 2 is 2.22 bits per heavy atom. The van der Waals surface area contributed by atoms with Gasteiger partial charge in [-0.1, -0.05) is 19.6 Å². The number of nitrogens with zero attached hydrogens (tertiary/aromatic N) is 3. The van der Waals surface area contributed by atoms with Crippen LogP contribution in [0, 0.1) is 5.41 Å². The van der Waals surface area contributed by atoms with E-state index < -0.39 is 0 Å². The van der Waals surface area contributed by atoms with E-state index in [2.05, 4.69) is 38.9 Å². The highest BCUT2D eigenvalue weighted by Gasteiger charge is 2.48. The number of hydrogen-bond acceptors (Lipinski definition) is 4.